The number of rotatable bonds is 3. The fourth-order valence-corrected chi connectivity index (χ4v) is 2.27. The Bertz CT molecular complexity index is 339. The fourth-order valence-electron chi connectivity index (χ4n) is 1.24. The van der Waals surface area contributed by atoms with Crippen molar-refractivity contribution in [2.24, 2.45) is 5.92 Å². The van der Waals surface area contributed by atoms with Gasteiger partial charge in [0.2, 0.25) is 5.91 Å². The quantitative estimate of drug-likeness (QED) is 0.874. The highest BCUT2D eigenvalue weighted by molar-refractivity contribution is 7.16. The molecule has 1 amide bonds. The van der Waals surface area contributed by atoms with Crippen LogP contribution in [-0.2, 0) is 11.3 Å². The topological polar surface area (TPSA) is 41.1 Å². The highest BCUT2D eigenvalue weighted by atomic mass is 35.5. The number of halogens is 2. The van der Waals surface area contributed by atoms with E-state index in [9.17, 15) is 4.79 Å². The van der Waals surface area contributed by atoms with E-state index in [4.69, 9.17) is 11.6 Å². The van der Waals surface area contributed by atoms with Gasteiger partial charge in [0.25, 0.3) is 0 Å². The third-order valence-electron chi connectivity index (χ3n) is 2.22. The number of hydrogen-bond donors (Lipinski definition) is 2. The van der Waals surface area contributed by atoms with Gasteiger partial charge in [-0.3, -0.25) is 4.79 Å². The van der Waals surface area contributed by atoms with Gasteiger partial charge in [-0.05, 0) is 12.1 Å². The summed E-state index contributed by atoms with van der Waals surface area (Å²) in [7, 11) is 0. The number of hydrogen-bond acceptors (Lipinski definition) is 3. The Kier molecular flexibility index (Phi) is 4.86. The van der Waals surface area contributed by atoms with E-state index < -0.39 is 0 Å². The van der Waals surface area contributed by atoms with Crippen LogP contribution in [0.5, 0.6) is 0 Å². The van der Waals surface area contributed by atoms with Crippen molar-refractivity contribution in [2.75, 3.05) is 13.1 Å². The standard InChI is InChI=1S/C9H11ClN2OS.ClH/c10-8-2-1-7(14-8)5-12-9(13)6-3-11-4-6;/h1-2,6,11H,3-5H2,(H,12,13);1H. The van der Waals surface area contributed by atoms with E-state index in [1.165, 1.54) is 11.3 Å². The van der Waals surface area contributed by atoms with Gasteiger partial charge in [-0.15, -0.1) is 23.7 Å². The Hall–Kier alpha value is -0.290. The van der Waals surface area contributed by atoms with Gasteiger partial charge in [0.1, 0.15) is 0 Å². The fraction of sp³-hybridized carbons (Fsp3) is 0.444. The van der Waals surface area contributed by atoms with Gasteiger partial charge in [0.15, 0.2) is 0 Å². The second-order valence-electron chi connectivity index (χ2n) is 3.28. The Morgan fingerprint density at radius 3 is 2.80 bits per heavy atom. The molecule has 0 bridgehead atoms. The smallest absolute Gasteiger partial charge is 0.225 e. The molecule has 0 spiro atoms. The average molecular weight is 267 g/mol. The summed E-state index contributed by atoms with van der Waals surface area (Å²) in [6.07, 6.45) is 0. The summed E-state index contributed by atoms with van der Waals surface area (Å²) in [5.41, 5.74) is 0. The predicted octanol–water partition coefficient (Wildman–Crippen LogP) is 1.66. The van der Waals surface area contributed by atoms with Crippen molar-refractivity contribution in [3.05, 3.63) is 21.3 Å². The SMILES string of the molecule is Cl.O=C(NCc1ccc(Cl)s1)C1CNC1. The second-order valence-corrected chi connectivity index (χ2v) is 5.08. The molecule has 84 valence electrons. The first-order valence-electron chi connectivity index (χ1n) is 4.48. The molecule has 1 aliphatic heterocycles. The lowest BCUT2D eigenvalue weighted by atomic mass is 10.0. The maximum atomic E-state index is 11.4. The molecular formula is C9H12Cl2N2OS. The molecule has 0 aliphatic carbocycles. The second kappa shape index (κ2) is 5.70. The van der Waals surface area contributed by atoms with Gasteiger partial charge in [-0.1, -0.05) is 11.6 Å². The van der Waals surface area contributed by atoms with Crippen LogP contribution in [-0.4, -0.2) is 19.0 Å². The summed E-state index contributed by atoms with van der Waals surface area (Å²) in [6, 6.07) is 3.78. The molecule has 1 aromatic rings. The maximum absolute atomic E-state index is 11.4. The molecule has 1 saturated heterocycles. The van der Waals surface area contributed by atoms with Gasteiger partial charge in [0, 0.05) is 18.0 Å². The number of nitrogens with one attached hydrogen (secondary N) is 2. The van der Waals surface area contributed by atoms with Crippen LogP contribution in [0.25, 0.3) is 0 Å². The van der Waals surface area contributed by atoms with Crippen LogP contribution in [0.1, 0.15) is 4.88 Å². The zero-order valence-electron chi connectivity index (χ0n) is 7.96. The first-order valence-corrected chi connectivity index (χ1v) is 5.68. The molecule has 0 unspecified atom stereocenters. The molecular weight excluding hydrogens is 255 g/mol. The Morgan fingerprint density at radius 1 is 1.60 bits per heavy atom. The van der Waals surface area contributed by atoms with Gasteiger partial charge >= 0.3 is 0 Å². The predicted molar refractivity (Wildman–Crippen MR) is 64.8 cm³/mol. The first kappa shape index (κ1) is 12.8. The third kappa shape index (κ3) is 3.34. The lowest BCUT2D eigenvalue weighted by molar-refractivity contribution is -0.126. The van der Waals surface area contributed by atoms with E-state index in [2.05, 4.69) is 10.6 Å². The molecule has 1 fully saturated rings. The summed E-state index contributed by atoms with van der Waals surface area (Å²) in [4.78, 5) is 12.5. The summed E-state index contributed by atoms with van der Waals surface area (Å²) in [5.74, 6) is 0.290. The van der Waals surface area contributed by atoms with E-state index in [1.54, 1.807) is 0 Å². The van der Waals surface area contributed by atoms with Crippen LogP contribution in [0.3, 0.4) is 0 Å². The lowest BCUT2D eigenvalue weighted by Crippen LogP contribution is -2.50. The minimum Gasteiger partial charge on any atom is -0.351 e. The summed E-state index contributed by atoms with van der Waals surface area (Å²) >= 11 is 7.27. The van der Waals surface area contributed by atoms with Gasteiger partial charge in [-0.2, -0.15) is 0 Å². The van der Waals surface area contributed by atoms with E-state index >= 15 is 0 Å². The van der Waals surface area contributed by atoms with Crippen LogP contribution in [0.4, 0.5) is 0 Å². The molecule has 3 nitrogen and oxygen atoms in total. The van der Waals surface area contributed by atoms with Crippen molar-refractivity contribution in [1.82, 2.24) is 10.6 Å². The van der Waals surface area contributed by atoms with E-state index in [0.717, 1.165) is 22.3 Å². The number of carbonyl (C=O) groups excluding carboxylic acids is 1. The third-order valence-corrected chi connectivity index (χ3v) is 3.45. The van der Waals surface area contributed by atoms with Gasteiger partial charge < -0.3 is 10.6 Å². The van der Waals surface area contributed by atoms with Crippen molar-refractivity contribution >= 4 is 41.3 Å². The zero-order valence-corrected chi connectivity index (χ0v) is 10.3. The van der Waals surface area contributed by atoms with Crippen LogP contribution < -0.4 is 10.6 Å². The lowest BCUT2D eigenvalue weighted by Gasteiger charge is -2.25. The highest BCUT2D eigenvalue weighted by Crippen LogP contribution is 2.21. The van der Waals surface area contributed by atoms with Gasteiger partial charge in [-0.25, -0.2) is 0 Å². The maximum Gasteiger partial charge on any atom is 0.225 e. The van der Waals surface area contributed by atoms with Crippen LogP contribution in [0.2, 0.25) is 4.34 Å². The Morgan fingerprint density at radius 2 is 2.33 bits per heavy atom. The van der Waals surface area contributed by atoms with Crippen LogP contribution in [0.15, 0.2) is 12.1 Å². The molecule has 0 radical (unpaired) electrons. The minimum atomic E-state index is 0. The summed E-state index contributed by atoms with van der Waals surface area (Å²) in [5, 5.41) is 5.95. The number of amides is 1. The Balaban J connectivity index is 0.00000112. The van der Waals surface area contributed by atoms with Crippen molar-refractivity contribution in [3.63, 3.8) is 0 Å². The van der Waals surface area contributed by atoms with Crippen molar-refractivity contribution in [3.8, 4) is 0 Å². The Labute approximate surface area is 104 Å². The minimum absolute atomic E-state index is 0. The molecule has 6 heteroatoms. The first-order chi connectivity index (χ1) is 6.75. The normalized spacial score (nSPS) is 15.3. The molecule has 2 N–H and O–H groups in total. The monoisotopic (exact) mass is 266 g/mol. The van der Waals surface area contributed by atoms with Crippen molar-refractivity contribution < 1.29 is 4.79 Å². The van der Waals surface area contributed by atoms with Crippen LogP contribution >= 0.6 is 35.3 Å². The van der Waals surface area contributed by atoms with E-state index in [-0.39, 0.29) is 24.2 Å². The van der Waals surface area contributed by atoms with Crippen molar-refractivity contribution in [2.45, 2.75) is 6.54 Å². The number of thiophene rings is 1. The van der Waals surface area contributed by atoms with Crippen molar-refractivity contribution in [1.29, 1.82) is 0 Å². The molecule has 1 aliphatic rings. The molecule has 15 heavy (non-hydrogen) atoms. The van der Waals surface area contributed by atoms with E-state index in [0.29, 0.717) is 6.54 Å². The average Bonchev–Trinajstić information content (AvgIpc) is 2.45. The molecule has 2 heterocycles. The highest BCUT2D eigenvalue weighted by Gasteiger charge is 2.24. The largest absolute Gasteiger partial charge is 0.351 e. The van der Waals surface area contributed by atoms with E-state index in [1.807, 2.05) is 12.1 Å². The summed E-state index contributed by atoms with van der Waals surface area (Å²) < 4.78 is 0.763. The molecule has 1 aromatic heterocycles. The zero-order chi connectivity index (χ0) is 9.97. The van der Waals surface area contributed by atoms with Gasteiger partial charge in [0.05, 0.1) is 16.8 Å². The molecule has 0 aromatic carbocycles. The number of carbonyl (C=O) groups is 1. The molecule has 2 rings (SSSR count). The molecule has 0 saturated carbocycles. The summed E-state index contributed by atoms with van der Waals surface area (Å²) in [6.45, 7) is 2.20. The van der Waals surface area contributed by atoms with Crippen LogP contribution in [0, 0.1) is 5.92 Å². The molecule has 0 atom stereocenters.